The minimum absolute atomic E-state index is 0.0741. The van der Waals surface area contributed by atoms with E-state index in [-0.39, 0.29) is 4.90 Å². The molecule has 3 N–H and O–H groups in total. The van der Waals surface area contributed by atoms with Crippen molar-refractivity contribution in [1.29, 1.82) is 0 Å². The molecule has 3 aromatic rings. The average molecular weight is 448 g/mol. The molecule has 1 heterocycles. The standard InChI is InChI=1S/C16H18O5.C6H6O3S/c1-11(17)16(2,13-9-6-10-20-13)15(19)21-14(18)12-7-4-3-5-8-12;7-10(8,9)6-4-2-1-3-5-6/h3-11,15,17,19H,1-2H3;1-5H,(H,7,8,9). The van der Waals surface area contributed by atoms with Crippen LogP contribution in [0, 0.1) is 0 Å². The maximum absolute atomic E-state index is 12.0. The molecular formula is C22H24O8S. The molecule has 1 aromatic heterocycles. The van der Waals surface area contributed by atoms with Gasteiger partial charge in [0.25, 0.3) is 10.1 Å². The fourth-order valence-electron chi connectivity index (χ4n) is 2.58. The van der Waals surface area contributed by atoms with Crippen molar-refractivity contribution in [1.82, 2.24) is 0 Å². The van der Waals surface area contributed by atoms with E-state index in [0.717, 1.165) is 0 Å². The minimum Gasteiger partial charge on any atom is -0.468 e. The fraction of sp³-hybridized carbons (Fsp3) is 0.227. The first kappa shape index (κ1) is 24.3. The Labute approximate surface area is 180 Å². The van der Waals surface area contributed by atoms with Gasteiger partial charge in [-0.25, -0.2) is 4.79 Å². The van der Waals surface area contributed by atoms with Gasteiger partial charge in [0.1, 0.15) is 11.2 Å². The maximum Gasteiger partial charge on any atom is 0.340 e. The molecule has 2 aromatic carbocycles. The van der Waals surface area contributed by atoms with Crippen molar-refractivity contribution in [3.05, 3.63) is 90.4 Å². The minimum atomic E-state index is -4.00. The number of hydrogen-bond acceptors (Lipinski definition) is 7. The number of ether oxygens (including phenoxy) is 1. The molecule has 0 aliphatic heterocycles. The van der Waals surface area contributed by atoms with Crippen LogP contribution in [0.4, 0.5) is 0 Å². The highest BCUT2D eigenvalue weighted by atomic mass is 32.2. The summed E-state index contributed by atoms with van der Waals surface area (Å²) >= 11 is 0. The summed E-state index contributed by atoms with van der Waals surface area (Å²) < 4.78 is 39.6. The first-order valence-electron chi connectivity index (χ1n) is 9.25. The molecule has 0 fully saturated rings. The van der Waals surface area contributed by atoms with Gasteiger partial charge in [0.05, 0.1) is 22.8 Å². The van der Waals surface area contributed by atoms with E-state index >= 15 is 0 Å². The van der Waals surface area contributed by atoms with Crippen LogP contribution in [0.25, 0.3) is 0 Å². The van der Waals surface area contributed by atoms with Crippen LogP contribution >= 0.6 is 0 Å². The highest BCUT2D eigenvalue weighted by Gasteiger charge is 2.44. The number of aliphatic hydroxyl groups excluding tert-OH is 2. The van der Waals surface area contributed by atoms with Gasteiger partial charge >= 0.3 is 5.97 Å². The number of benzene rings is 2. The molecule has 0 radical (unpaired) electrons. The van der Waals surface area contributed by atoms with Crippen LogP contribution in [0.15, 0.2) is 88.4 Å². The summed E-state index contributed by atoms with van der Waals surface area (Å²) in [4.78, 5) is 11.9. The number of carbonyl (C=O) groups excluding carboxylic acids is 1. The second-order valence-corrected chi connectivity index (χ2v) is 8.27. The first-order valence-corrected chi connectivity index (χ1v) is 10.7. The van der Waals surface area contributed by atoms with Crippen molar-refractivity contribution in [2.75, 3.05) is 0 Å². The molecular weight excluding hydrogens is 424 g/mol. The van der Waals surface area contributed by atoms with Gasteiger partial charge < -0.3 is 19.4 Å². The number of esters is 1. The van der Waals surface area contributed by atoms with Crippen LogP contribution in [0.1, 0.15) is 30.0 Å². The fourth-order valence-corrected chi connectivity index (χ4v) is 3.08. The number of aliphatic hydroxyl groups is 2. The molecule has 3 atom stereocenters. The third-order valence-corrected chi connectivity index (χ3v) is 5.57. The summed E-state index contributed by atoms with van der Waals surface area (Å²) in [6.45, 7) is 3.07. The van der Waals surface area contributed by atoms with E-state index in [9.17, 15) is 23.4 Å². The Balaban J connectivity index is 0.000000285. The molecule has 0 saturated carbocycles. The molecule has 0 bridgehead atoms. The Hall–Kier alpha value is -2.98. The molecule has 8 nitrogen and oxygen atoms in total. The van der Waals surface area contributed by atoms with E-state index < -0.39 is 33.9 Å². The molecule has 0 aliphatic rings. The molecule has 3 rings (SSSR count). The zero-order valence-corrected chi connectivity index (χ0v) is 17.8. The molecule has 9 heteroatoms. The average Bonchev–Trinajstić information content (AvgIpc) is 3.29. The van der Waals surface area contributed by atoms with E-state index in [1.54, 1.807) is 67.6 Å². The summed E-state index contributed by atoms with van der Waals surface area (Å²) in [6.07, 6.45) is -1.10. The summed E-state index contributed by atoms with van der Waals surface area (Å²) in [5, 5.41) is 20.3. The smallest absolute Gasteiger partial charge is 0.340 e. The van der Waals surface area contributed by atoms with Gasteiger partial charge in [0.15, 0.2) is 0 Å². The third kappa shape index (κ3) is 6.25. The number of carbonyl (C=O) groups is 1. The van der Waals surface area contributed by atoms with Crippen molar-refractivity contribution in [2.24, 2.45) is 0 Å². The SMILES string of the molecule is CC(O)C(C)(c1ccco1)C(O)OC(=O)c1ccccc1.O=S(=O)(O)c1ccccc1. The van der Waals surface area contributed by atoms with Crippen LogP contribution < -0.4 is 0 Å². The van der Waals surface area contributed by atoms with Crippen molar-refractivity contribution in [2.45, 2.75) is 36.6 Å². The Morgan fingerprint density at radius 3 is 1.94 bits per heavy atom. The topological polar surface area (TPSA) is 134 Å². The summed E-state index contributed by atoms with van der Waals surface area (Å²) in [5.41, 5.74) is -0.933. The molecule has 0 saturated heterocycles. The van der Waals surface area contributed by atoms with Gasteiger partial charge in [-0.1, -0.05) is 36.4 Å². The molecule has 31 heavy (non-hydrogen) atoms. The number of rotatable bonds is 6. The Morgan fingerprint density at radius 2 is 1.52 bits per heavy atom. The molecule has 3 unspecified atom stereocenters. The van der Waals surface area contributed by atoms with E-state index in [1.807, 2.05) is 0 Å². The van der Waals surface area contributed by atoms with Gasteiger partial charge in [0.2, 0.25) is 6.29 Å². The largest absolute Gasteiger partial charge is 0.468 e. The van der Waals surface area contributed by atoms with Gasteiger partial charge in [-0.15, -0.1) is 0 Å². The van der Waals surface area contributed by atoms with Gasteiger partial charge in [-0.2, -0.15) is 8.42 Å². The van der Waals surface area contributed by atoms with Crippen molar-refractivity contribution in [3.63, 3.8) is 0 Å². The van der Waals surface area contributed by atoms with Crippen LogP contribution in [0.5, 0.6) is 0 Å². The Kier molecular flexibility index (Phi) is 8.12. The second-order valence-electron chi connectivity index (χ2n) is 6.85. The molecule has 0 spiro atoms. The lowest BCUT2D eigenvalue weighted by molar-refractivity contribution is -0.140. The van der Waals surface area contributed by atoms with Gasteiger partial charge in [0, 0.05) is 0 Å². The van der Waals surface area contributed by atoms with Crippen LogP contribution in [0.2, 0.25) is 0 Å². The van der Waals surface area contributed by atoms with Crippen LogP contribution in [-0.4, -0.2) is 41.5 Å². The predicted molar refractivity (Wildman–Crippen MR) is 112 cm³/mol. The van der Waals surface area contributed by atoms with E-state index in [0.29, 0.717) is 11.3 Å². The summed E-state index contributed by atoms with van der Waals surface area (Å²) in [6, 6.07) is 19.0. The van der Waals surface area contributed by atoms with Crippen molar-refractivity contribution < 1.29 is 37.1 Å². The van der Waals surface area contributed by atoms with Crippen molar-refractivity contribution in [3.8, 4) is 0 Å². The maximum atomic E-state index is 12.0. The van der Waals surface area contributed by atoms with Crippen LogP contribution in [0.3, 0.4) is 0 Å². The zero-order chi connectivity index (χ0) is 23.1. The molecule has 166 valence electrons. The second kappa shape index (κ2) is 10.4. The highest BCUT2D eigenvalue weighted by Crippen LogP contribution is 2.33. The van der Waals surface area contributed by atoms with E-state index in [4.69, 9.17) is 13.7 Å². The van der Waals surface area contributed by atoms with Gasteiger partial charge in [-0.3, -0.25) is 4.55 Å². The highest BCUT2D eigenvalue weighted by molar-refractivity contribution is 7.85. The summed E-state index contributed by atoms with van der Waals surface area (Å²) in [5.74, 6) is -0.326. The quantitative estimate of drug-likeness (QED) is 0.298. The van der Waals surface area contributed by atoms with E-state index in [1.165, 1.54) is 25.3 Å². The predicted octanol–water partition coefficient (Wildman–Crippen LogP) is 3.03. The summed E-state index contributed by atoms with van der Waals surface area (Å²) in [7, 11) is -4.00. The normalized spacial score (nSPS) is 15.0. The number of furan rings is 1. The van der Waals surface area contributed by atoms with Crippen LogP contribution in [-0.2, 0) is 20.3 Å². The Bertz CT molecular complexity index is 1050. The lowest BCUT2D eigenvalue weighted by Gasteiger charge is -2.34. The third-order valence-electron chi connectivity index (χ3n) is 4.70. The zero-order valence-electron chi connectivity index (χ0n) is 17.0. The Morgan fingerprint density at radius 1 is 0.968 bits per heavy atom. The first-order chi connectivity index (χ1) is 14.6. The van der Waals surface area contributed by atoms with E-state index in [2.05, 4.69) is 0 Å². The molecule has 0 aliphatic carbocycles. The molecule has 0 amide bonds. The lowest BCUT2D eigenvalue weighted by Crippen LogP contribution is -2.47. The van der Waals surface area contributed by atoms with Crippen molar-refractivity contribution >= 4 is 16.1 Å². The lowest BCUT2D eigenvalue weighted by atomic mass is 9.81. The monoisotopic (exact) mass is 448 g/mol. The van der Waals surface area contributed by atoms with Gasteiger partial charge in [-0.05, 0) is 50.2 Å². The number of hydrogen-bond donors (Lipinski definition) is 3.